The van der Waals surface area contributed by atoms with E-state index < -0.39 is 32.5 Å². The van der Waals surface area contributed by atoms with Crippen molar-refractivity contribution in [2.24, 2.45) is 5.10 Å². The van der Waals surface area contributed by atoms with E-state index in [0.717, 1.165) is 4.31 Å². The van der Waals surface area contributed by atoms with Gasteiger partial charge in [0.25, 0.3) is 5.91 Å². The zero-order valence-electron chi connectivity index (χ0n) is 19.9. The fourth-order valence-electron chi connectivity index (χ4n) is 3.32. The van der Waals surface area contributed by atoms with Crippen molar-refractivity contribution < 1.29 is 30.5 Å². The highest BCUT2D eigenvalue weighted by atomic mass is 32.2. The molecule has 0 bridgehead atoms. The average molecular weight is 557 g/mol. The predicted molar refractivity (Wildman–Crippen MR) is 138 cm³/mol. The monoisotopic (exact) mass is 556 g/mol. The summed E-state index contributed by atoms with van der Waals surface area (Å²) in [5, 5.41) is 3.81. The molecule has 0 aliphatic rings. The third-order valence-electron chi connectivity index (χ3n) is 5.17. The fraction of sp³-hybridized carbons (Fsp3) is 0.120. The van der Waals surface area contributed by atoms with Crippen molar-refractivity contribution in [3.05, 3.63) is 108 Å². The molecule has 4 aromatic rings. The zero-order chi connectivity index (χ0) is 27.0. The molecule has 0 aliphatic heterocycles. The molecule has 0 saturated heterocycles. The van der Waals surface area contributed by atoms with Crippen LogP contribution in [0.1, 0.15) is 17.3 Å². The number of nitrogens with zero attached hydrogens (tertiary/aromatic N) is 2. The minimum Gasteiger partial charge on any atom is -0.468 e. The van der Waals surface area contributed by atoms with Gasteiger partial charge in [-0.3, -0.25) is 4.79 Å². The van der Waals surface area contributed by atoms with Crippen molar-refractivity contribution in [3.63, 3.8) is 0 Å². The number of hydrazone groups is 1. The number of carbonyl (C=O) groups is 1. The summed E-state index contributed by atoms with van der Waals surface area (Å²) in [7, 11) is -7.70. The van der Waals surface area contributed by atoms with E-state index in [1.54, 1.807) is 60.7 Å². The molecule has 0 unspecified atom stereocenters. The molecule has 2 N–H and O–H groups in total. The van der Waals surface area contributed by atoms with Crippen molar-refractivity contribution in [1.29, 1.82) is 0 Å². The maximum atomic E-state index is 13.1. The van der Waals surface area contributed by atoms with E-state index in [1.807, 2.05) is 0 Å². The second-order valence-corrected chi connectivity index (χ2v) is 11.6. The van der Waals surface area contributed by atoms with Gasteiger partial charge in [-0.15, -0.1) is 0 Å². The number of furan rings is 2. The molecule has 38 heavy (non-hydrogen) atoms. The Morgan fingerprint density at radius 2 is 1.53 bits per heavy atom. The van der Waals surface area contributed by atoms with Gasteiger partial charge in [0.1, 0.15) is 17.3 Å². The molecule has 2 aromatic heterocycles. The first-order valence-electron chi connectivity index (χ1n) is 11.3. The summed E-state index contributed by atoms with van der Waals surface area (Å²) < 4.78 is 65.1. The lowest BCUT2D eigenvalue weighted by atomic mass is 10.4. The first-order valence-corrected chi connectivity index (χ1v) is 14.2. The van der Waals surface area contributed by atoms with E-state index in [1.165, 1.54) is 36.7 Å². The molecule has 0 spiro atoms. The maximum Gasteiger partial charge on any atom is 0.255 e. The summed E-state index contributed by atoms with van der Waals surface area (Å²) in [6.45, 7) is -0.752. The Morgan fingerprint density at radius 1 is 0.842 bits per heavy atom. The van der Waals surface area contributed by atoms with Crippen molar-refractivity contribution in [3.8, 4) is 0 Å². The Bertz CT molecular complexity index is 1580. The second-order valence-electron chi connectivity index (χ2n) is 7.90. The molecule has 0 radical (unpaired) electrons. The fourth-order valence-corrected chi connectivity index (χ4v) is 5.71. The number of rotatable bonds is 12. The Labute approximate surface area is 219 Å². The van der Waals surface area contributed by atoms with E-state index in [2.05, 4.69) is 15.2 Å². The topological polar surface area (TPSA) is 151 Å². The summed E-state index contributed by atoms with van der Waals surface area (Å²) in [4.78, 5) is 12.7. The van der Waals surface area contributed by atoms with Gasteiger partial charge in [0.05, 0.1) is 41.9 Å². The molecule has 0 atom stereocenters. The third kappa shape index (κ3) is 7.04. The zero-order valence-corrected chi connectivity index (χ0v) is 21.6. The summed E-state index contributed by atoms with van der Waals surface area (Å²) in [5.74, 6) is 0.265. The number of nitrogens with one attached hydrogen (secondary N) is 2. The lowest BCUT2D eigenvalue weighted by molar-refractivity contribution is -0.121. The molecule has 1 amide bonds. The van der Waals surface area contributed by atoms with Crippen LogP contribution in [0.3, 0.4) is 0 Å². The lowest BCUT2D eigenvalue weighted by Crippen LogP contribution is -2.38. The maximum absolute atomic E-state index is 13.1. The van der Waals surface area contributed by atoms with E-state index in [0.29, 0.717) is 11.5 Å². The van der Waals surface area contributed by atoms with Gasteiger partial charge in [-0.2, -0.15) is 9.41 Å². The standard InChI is InChI=1S/C25H24N4O7S2/c30-25(19-29(18-22-8-7-15-35-22)38(33,34)24-11-5-2-6-12-24)28-26-16-20-13-14-21(36-20)17-27-37(31,32)23-9-3-1-4-10-23/h1-16,27H,17-19H2,(H,28,30)/b26-16-. The number of amides is 1. The highest BCUT2D eigenvalue weighted by molar-refractivity contribution is 7.89. The Morgan fingerprint density at radius 3 is 2.18 bits per heavy atom. The number of hydrogen-bond acceptors (Lipinski definition) is 8. The smallest absolute Gasteiger partial charge is 0.255 e. The molecular formula is C25H24N4O7S2. The van der Waals surface area contributed by atoms with E-state index in [4.69, 9.17) is 8.83 Å². The number of hydrogen-bond donors (Lipinski definition) is 2. The Hall–Kier alpha value is -4.04. The van der Waals surface area contributed by atoms with Crippen LogP contribution in [0.2, 0.25) is 0 Å². The van der Waals surface area contributed by atoms with Crippen LogP contribution in [-0.2, 0) is 37.9 Å². The highest BCUT2D eigenvalue weighted by Gasteiger charge is 2.27. The van der Waals surface area contributed by atoms with E-state index in [-0.39, 0.29) is 28.6 Å². The Kier molecular flexibility index (Phi) is 8.53. The third-order valence-corrected chi connectivity index (χ3v) is 8.39. The highest BCUT2D eigenvalue weighted by Crippen LogP contribution is 2.18. The summed E-state index contributed by atoms with van der Waals surface area (Å²) in [6.07, 6.45) is 2.63. The van der Waals surface area contributed by atoms with Gasteiger partial charge in [0, 0.05) is 0 Å². The van der Waals surface area contributed by atoms with Crippen molar-refractivity contribution in [2.45, 2.75) is 22.9 Å². The minimum atomic E-state index is -4.00. The van der Waals surface area contributed by atoms with E-state index in [9.17, 15) is 21.6 Å². The molecule has 2 heterocycles. The average Bonchev–Trinajstić information content (AvgIpc) is 3.60. The molecule has 0 fully saturated rings. The normalized spacial score (nSPS) is 12.2. The predicted octanol–water partition coefficient (Wildman–Crippen LogP) is 2.69. The molecule has 198 valence electrons. The molecule has 4 rings (SSSR count). The first-order chi connectivity index (χ1) is 18.2. The van der Waals surface area contributed by atoms with Crippen LogP contribution in [0.25, 0.3) is 0 Å². The molecular weight excluding hydrogens is 532 g/mol. The van der Waals surface area contributed by atoms with Gasteiger partial charge in [-0.25, -0.2) is 27.0 Å². The summed E-state index contributed by atoms with van der Waals surface area (Å²) in [6, 6.07) is 22.0. The van der Waals surface area contributed by atoms with E-state index >= 15 is 0 Å². The van der Waals surface area contributed by atoms with Gasteiger partial charge in [-0.05, 0) is 48.5 Å². The minimum absolute atomic E-state index is 0.0360. The second kappa shape index (κ2) is 12.0. The van der Waals surface area contributed by atoms with Gasteiger partial charge in [0.15, 0.2) is 0 Å². The van der Waals surface area contributed by atoms with Crippen LogP contribution in [-0.4, -0.2) is 39.8 Å². The number of sulfonamides is 2. The molecule has 2 aromatic carbocycles. The lowest BCUT2D eigenvalue weighted by Gasteiger charge is -2.20. The summed E-state index contributed by atoms with van der Waals surface area (Å²) >= 11 is 0. The molecule has 13 heteroatoms. The number of benzene rings is 2. The van der Waals surface area contributed by atoms with Crippen molar-refractivity contribution in [2.75, 3.05) is 6.54 Å². The largest absolute Gasteiger partial charge is 0.468 e. The van der Waals surface area contributed by atoms with Crippen molar-refractivity contribution in [1.82, 2.24) is 14.5 Å². The molecule has 0 saturated carbocycles. The number of carbonyl (C=O) groups excluding carboxylic acids is 1. The Balaban J connectivity index is 1.35. The summed E-state index contributed by atoms with van der Waals surface area (Å²) in [5.41, 5.74) is 2.27. The van der Waals surface area contributed by atoms with Crippen LogP contribution >= 0.6 is 0 Å². The van der Waals surface area contributed by atoms with Gasteiger partial charge >= 0.3 is 0 Å². The molecule has 0 aliphatic carbocycles. The quantitative estimate of drug-likeness (QED) is 0.201. The SMILES string of the molecule is O=C(CN(Cc1ccco1)S(=O)(=O)c1ccccc1)N/N=C\c1ccc(CNS(=O)(=O)c2ccccc2)o1. The molecule has 11 nitrogen and oxygen atoms in total. The first kappa shape index (κ1) is 27.0. The van der Waals surface area contributed by atoms with Crippen LogP contribution in [0, 0.1) is 0 Å². The van der Waals surface area contributed by atoms with Gasteiger partial charge < -0.3 is 8.83 Å². The van der Waals surface area contributed by atoms with Gasteiger partial charge in [0.2, 0.25) is 20.0 Å². The van der Waals surface area contributed by atoms with Gasteiger partial charge in [-0.1, -0.05) is 36.4 Å². The van der Waals surface area contributed by atoms with Crippen LogP contribution in [0.5, 0.6) is 0 Å². The van der Waals surface area contributed by atoms with Crippen LogP contribution < -0.4 is 10.1 Å². The van der Waals surface area contributed by atoms with Crippen LogP contribution in [0.4, 0.5) is 0 Å². The van der Waals surface area contributed by atoms with Crippen LogP contribution in [0.15, 0.2) is 115 Å². The van der Waals surface area contributed by atoms with Crippen molar-refractivity contribution >= 4 is 32.2 Å².